The predicted molar refractivity (Wildman–Crippen MR) is 177 cm³/mol. The van der Waals surface area contributed by atoms with Gasteiger partial charge in [0.2, 0.25) is 0 Å². The fourth-order valence-electron chi connectivity index (χ4n) is 5.78. The molecule has 0 unspecified atom stereocenters. The van der Waals surface area contributed by atoms with Crippen LogP contribution in [0.5, 0.6) is 11.5 Å². The van der Waals surface area contributed by atoms with E-state index in [-0.39, 0.29) is 24.3 Å². The lowest BCUT2D eigenvalue weighted by Crippen LogP contribution is -2.40. The fraction of sp³-hybridized carbons (Fsp3) is 0.250. The van der Waals surface area contributed by atoms with Crippen LogP contribution in [0, 0.1) is 0 Å². The Morgan fingerprint density at radius 1 is 0.956 bits per heavy atom. The summed E-state index contributed by atoms with van der Waals surface area (Å²) in [6.45, 7) is 4.51. The Labute approximate surface area is 264 Å². The Hall–Kier alpha value is -4.73. The van der Waals surface area contributed by atoms with Gasteiger partial charge in [0.05, 0.1) is 36.1 Å². The summed E-state index contributed by atoms with van der Waals surface area (Å²) < 4.78 is 24.7. The predicted octanol–water partition coefficient (Wildman–Crippen LogP) is 5.53. The highest BCUT2D eigenvalue weighted by atomic mass is 32.1. The quantitative estimate of drug-likeness (QED) is 0.116. The Morgan fingerprint density at radius 2 is 1.67 bits per heavy atom. The summed E-state index contributed by atoms with van der Waals surface area (Å²) in [4.78, 5) is 33.4. The van der Waals surface area contributed by atoms with E-state index >= 15 is 0 Å². The molecule has 1 aliphatic rings. The number of allylic oxidation sites excluding steroid dienone is 1. The van der Waals surface area contributed by atoms with Crippen LogP contribution in [-0.2, 0) is 14.3 Å². The molecular formula is C36H34N2O6S. The van der Waals surface area contributed by atoms with Gasteiger partial charge in [-0.3, -0.25) is 9.36 Å². The molecule has 2 heterocycles. The lowest BCUT2D eigenvalue weighted by atomic mass is 9.94. The molecule has 4 aromatic carbocycles. The third-order valence-corrected chi connectivity index (χ3v) is 8.81. The lowest BCUT2D eigenvalue weighted by molar-refractivity contribution is -0.140. The molecular weight excluding hydrogens is 588 g/mol. The minimum atomic E-state index is -0.857. The first-order valence-electron chi connectivity index (χ1n) is 14.9. The maximum absolute atomic E-state index is 14.5. The van der Waals surface area contributed by atoms with Crippen LogP contribution in [-0.4, -0.2) is 44.6 Å². The minimum absolute atomic E-state index is 0.0642. The van der Waals surface area contributed by atoms with E-state index in [1.807, 2.05) is 49.4 Å². The van der Waals surface area contributed by atoms with E-state index in [4.69, 9.17) is 23.9 Å². The molecule has 45 heavy (non-hydrogen) atoms. The zero-order valence-electron chi connectivity index (χ0n) is 25.7. The molecule has 0 bridgehead atoms. The Bertz CT molecular complexity index is 2070. The zero-order valence-corrected chi connectivity index (χ0v) is 26.5. The number of rotatable bonds is 10. The molecule has 1 aliphatic heterocycles. The van der Waals surface area contributed by atoms with E-state index in [1.54, 1.807) is 31.8 Å². The lowest BCUT2D eigenvalue weighted by Gasteiger charge is -2.27. The number of esters is 1. The van der Waals surface area contributed by atoms with Gasteiger partial charge in [-0.15, -0.1) is 0 Å². The molecule has 1 atom stereocenters. The molecule has 9 heteroatoms. The number of methoxy groups -OCH3 is 2. The summed E-state index contributed by atoms with van der Waals surface area (Å²) in [6.07, 6.45) is 2.71. The van der Waals surface area contributed by atoms with Gasteiger partial charge < -0.3 is 18.9 Å². The van der Waals surface area contributed by atoms with Crippen LogP contribution in [0.25, 0.3) is 27.6 Å². The monoisotopic (exact) mass is 622 g/mol. The summed E-state index contributed by atoms with van der Waals surface area (Å²) in [5.74, 6) is 0.405. The van der Waals surface area contributed by atoms with Crippen molar-refractivity contribution in [2.24, 2.45) is 4.99 Å². The molecule has 0 radical (unpaired) electrons. The Kier molecular flexibility index (Phi) is 8.82. The second kappa shape index (κ2) is 13.1. The second-order valence-corrected chi connectivity index (χ2v) is 11.7. The van der Waals surface area contributed by atoms with Gasteiger partial charge in [0.1, 0.15) is 12.6 Å². The summed E-state index contributed by atoms with van der Waals surface area (Å²) in [5.41, 5.74) is 2.03. The average molecular weight is 623 g/mol. The third-order valence-electron chi connectivity index (χ3n) is 7.82. The van der Waals surface area contributed by atoms with Crippen LogP contribution in [0.1, 0.15) is 37.4 Å². The van der Waals surface area contributed by atoms with Gasteiger partial charge in [-0.25, -0.2) is 9.79 Å². The SMILES string of the molecule is CCCOc1c(OC)cccc1[C@@H]1C(C(=O)OCCOC)=C(C)N=c2s/c(=C/c3c4ccccc4cc4ccccc34)c(=O)n21. The number of fused-ring (bicyclic) bond motifs is 3. The smallest absolute Gasteiger partial charge is 0.338 e. The maximum atomic E-state index is 14.5. The first-order chi connectivity index (χ1) is 22.0. The summed E-state index contributed by atoms with van der Waals surface area (Å²) in [6, 6.07) is 23.1. The molecule has 1 aromatic heterocycles. The zero-order chi connectivity index (χ0) is 31.5. The van der Waals surface area contributed by atoms with Gasteiger partial charge >= 0.3 is 5.97 Å². The highest BCUT2D eigenvalue weighted by Gasteiger charge is 2.36. The van der Waals surface area contributed by atoms with Gasteiger partial charge in [-0.2, -0.15) is 0 Å². The number of hydrogen-bond acceptors (Lipinski definition) is 8. The van der Waals surface area contributed by atoms with Crippen LogP contribution < -0.4 is 24.4 Å². The van der Waals surface area contributed by atoms with Crippen molar-refractivity contribution in [3.8, 4) is 11.5 Å². The van der Waals surface area contributed by atoms with Gasteiger partial charge in [0, 0.05) is 12.7 Å². The van der Waals surface area contributed by atoms with E-state index in [0.717, 1.165) is 33.5 Å². The molecule has 0 amide bonds. The summed E-state index contributed by atoms with van der Waals surface area (Å²) >= 11 is 1.29. The van der Waals surface area contributed by atoms with Gasteiger partial charge in [-0.05, 0) is 58.7 Å². The number of para-hydroxylation sites is 1. The molecule has 0 fully saturated rings. The summed E-state index contributed by atoms with van der Waals surface area (Å²) in [7, 11) is 3.11. The summed E-state index contributed by atoms with van der Waals surface area (Å²) in [5, 5.41) is 4.25. The molecule has 0 aliphatic carbocycles. The number of carbonyl (C=O) groups excluding carboxylic acids is 1. The van der Waals surface area contributed by atoms with Crippen molar-refractivity contribution in [2.75, 3.05) is 34.0 Å². The van der Waals surface area contributed by atoms with Crippen molar-refractivity contribution < 1.29 is 23.7 Å². The Morgan fingerprint density at radius 3 is 2.33 bits per heavy atom. The van der Waals surface area contributed by atoms with Gasteiger partial charge in [0.15, 0.2) is 16.3 Å². The first-order valence-corrected chi connectivity index (χ1v) is 15.7. The first kappa shape index (κ1) is 30.3. The molecule has 5 aromatic rings. The van der Waals surface area contributed by atoms with Gasteiger partial charge in [0.25, 0.3) is 5.56 Å². The highest BCUT2D eigenvalue weighted by molar-refractivity contribution is 7.07. The van der Waals surface area contributed by atoms with Crippen molar-refractivity contribution in [1.29, 1.82) is 0 Å². The number of ether oxygens (including phenoxy) is 4. The molecule has 6 rings (SSSR count). The molecule has 0 N–H and O–H groups in total. The number of carbonyl (C=O) groups is 1. The number of benzene rings is 4. The number of hydrogen-bond donors (Lipinski definition) is 0. The van der Waals surface area contributed by atoms with E-state index in [1.165, 1.54) is 11.3 Å². The normalized spacial score (nSPS) is 14.8. The number of nitrogens with zero attached hydrogens (tertiary/aromatic N) is 2. The highest BCUT2D eigenvalue weighted by Crippen LogP contribution is 2.41. The van der Waals surface area contributed by atoms with Crippen molar-refractivity contribution in [2.45, 2.75) is 26.3 Å². The molecule has 8 nitrogen and oxygen atoms in total. The average Bonchev–Trinajstić information content (AvgIpc) is 3.36. The number of aromatic nitrogens is 1. The molecule has 0 spiro atoms. The van der Waals surface area contributed by atoms with E-state index < -0.39 is 12.0 Å². The van der Waals surface area contributed by atoms with Crippen LogP contribution in [0.3, 0.4) is 0 Å². The van der Waals surface area contributed by atoms with E-state index in [2.05, 4.69) is 30.3 Å². The van der Waals surface area contributed by atoms with Crippen molar-refractivity contribution >= 4 is 44.9 Å². The van der Waals surface area contributed by atoms with Crippen LogP contribution in [0.4, 0.5) is 0 Å². The molecule has 0 saturated carbocycles. The van der Waals surface area contributed by atoms with E-state index in [9.17, 15) is 9.59 Å². The molecule has 0 saturated heterocycles. The Balaban J connectivity index is 1.62. The van der Waals surface area contributed by atoms with Crippen LogP contribution in [0.2, 0.25) is 0 Å². The van der Waals surface area contributed by atoms with Crippen molar-refractivity contribution in [3.63, 3.8) is 0 Å². The van der Waals surface area contributed by atoms with Crippen LogP contribution in [0.15, 0.2) is 93.9 Å². The minimum Gasteiger partial charge on any atom is -0.493 e. The second-order valence-electron chi connectivity index (χ2n) is 10.7. The third kappa shape index (κ3) is 5.65. The van der Waals surface area contributed by atoms with Crippen LogP contribution >= 0.6 is 11.3 Å². The van der Waals surface area contributed by atoms with Crippen molar-refractivity contribution in [1.82, 2.24) is 4.57 Å². The topological polar surface area (TPSA) is 88.4 Å². The van der Waals surface area contributed by atoms with Gasteiger partial charge in [-0.1, -0.05) is 78.9 Å². The van der Waals surface area contributed by atoms with Crippen molar-refractivity contribution in [3.05, 3.63) is 115 Å². The standard InChI is InChI=1S/C36H34N2O6S/c1-5-17-43-33-27(15-10-16-29(33)42-4)32-31(35(40)44-19-18-41-3)22(2)37-36-38(32)34(39)30(45-36)21-28-25-13-8-6-11-23(25)20-24-12-7-9-14-26(24)28/h6-16,20-21,32H,5,17-19H2,1-4H3/b30-21+/t32-/m1/s1. The van der Waals surface area contributed by atoms with E-state index in [0.29, 0.717) is 38.7 Å². The fourth-order valence-corrected chi connectivity index (χ4v) is 6.80. The molecule has 230 valence electrons. The maximum Gasteiger partial charge on any atom is 0.338 e. The number of thiazole rings is 1. The largest absolute Gasteiger partial charge is 0.493 e.